The normalized spacial score (nSPS) is 23.4. The molecule has 0 spiro atoms. The van der Waals surface area contributed by atoms with E-state index in [2.05, 4.69) is 27.4 Å². The van der Waals surface area contributed by atoms with Crippen LogP contribution in [0.2, 0.25) is 0 Å². The van der Waals surface area contributed by atoms with Gasteiger partial charge in [0.05, 0.1) is 6.10 Å². The second kappa shape index (κ2) is 6.59. The molecule has 118 valence electrons. The van der Waals surface area contributed by atoms with Crippen LogP contribution >= 0.6 is 11.8 Å². The fraction of sp³-hybridized carbons (Fsp3) is 0.647. The average molecular weight is 317 g/mol. The van der Waals surface area contributed by atoms with E-state index in [4.69, 9.17) is 9.72 Å². The smallest absolute Gasteiger partial charge is 0.159 e. The van der Waals surface area contributed by atoms with Crippen molar-refractivity contribution in [2.75, 3.05) is 18.1 Å². The first-order chi connectivity index (χ1) is 10.9. The number of hydrogen-bond acceptors (Lipinski definition) is 4. The fourth-order valence-electron chi connectivity index (χ4n) is 3.55. The maximum Gasteiger partial charge on any atom is 0.159 e. The Bertz CT molecular complexity index is 630. The Kier molecular flexibility index (Phi) is 4.35. The van der Waals surface area contributed by atoms with E-state index in [0.29, 0.717) is 6.10 Å². The third-order valence-electron chi connectivity index (χ3n) is 4.80. The SMILES string of the molecule is c1cnc2c(c1)nc(CC1CCCO1)n2CC1CCSCC1. The van der Waals surface area contributed by atoms with Gasteiger partial charge in [-0.15, -0.1) is 0 Å². The Morgan fingerprint density at radius 3 is 3.00 bits per heavy atom. The van der Waals surface area contributed by atoms with Crippen molar-refractivity contribution >= 4 is 22.9 Å². The molecule has 2 aliphatic heterocycles. The Balaban J connectivity index is 1.63. The van der Waals surface area contributed by atoms with Gasteiger partial charge in [0.2, 0.25) is 0 Å². The molecule has 0 saturated carbocycles. The summed E-state index contributed by atoms with van der Waals surface area (Å²) in [5, 5.41) is 0. The number of hydrogen-bond donors (Lipinski definition) is 0. The Morgan fingerprint density at radius 2 is 2.18 bits per heavy atom. The Morgan fingerprint density at radius 1 is 1.27 bits per heavy atom. The van der Waals surface area contributed by atoms with Gasteiger partial charge in [-0.25, -0.2) is 9.97 Å². The predicted octanol–water partition coefficient (Wildman–Crippen LogP) is 3.30. The minimum atomic E-state index is 0.345. The summed E-state index contributed by atoms with van der Waals surface area (Å²) in [6.07, 6.45) is 8.13. The van der Waals surface area contributed by atoms with Gasteiger partial charge in [-0.1, -0.05) is 0 Å². The molecule has 4 rings (SSSR count). The van der Waals surface area contributed by atoms with Gasteiger partial charge in [0.25, 0.3) is 0 Å². The highest BCUT2D eigenvalue weighted by Crippen LogP contribution is 2.27. The number of fused-ring (bicyclic) bond motifs is 1. The molecule has 4 heterocycles. The molecule has 0 aromatic carbocycles. The van der Waals surface area contributed by atoms with Crippen LogP contribution in [0.3, 0.4) is 0 Å². The van der Waals surface area contributed by atoms with E-state index < -0.39 is 0 Å². The largest absolute Gasteiger partial charge is 0.378 e. The topological polar surface area (TPSA) is 39.9 Å². The molecule has 1 unspecified atom stereocenters. The summed E-state index contributed by atoms with van der Waals surface area (Å²) in [4.78, 5) is 9.45. The number of imidazole rings is 1. The van der Waals surface area contributed by atoms with Crippen LogP contribution in [-0.2, 0) is 17.7 Å². The first-order valence-corrected chi connectivity index (χ1v) is 9.55. The summed E-state index contributed by atoms with van der Waals surface area (Å²) in [5.41, 5.74) is 2.08. The average Bonchev–Trinajstić information content (AvgIpc) is 3.18. The van der Waals surface area contributed by atoms with E-state index in [1.54, 1.807) is 0 Å². The molecule has 0 N–H and O–H groups in total. The summed E-state index contributed by atoms with van der Waals surface area (Å²) in [5.74, 6) is 4.53. The number of thioether (sulfide) groups is 1. The molecule has 2 saturated heterocycles. The lowest BCUT2D eigenvalue weighted by Crippen LogP contribution is -2.20. The van der Waals surface area contributed by atoms with Crippen LogP contribution in [0, 0.1) is 5.92 Å². The van der Waals surface area contributed by atoms with Crippen molar-refractivity contribution in [2.45, 2.75) is 44.8 Å². The maximum absolute atomic E-state index is 5.82. The third kappa shape index (κ3) is 3.01. The number of ether oxygens (including phenoxy) is 1. The molecule has 5 heteroatoms. The van der Waals surface area contributed by atoms with Crippen molar-refractivity contribution in [3.05, 3.63) is 24.2 Å². The monoisotopic (exact) mass is 317 g/mol. The van der Waals surface area contributed by atoms with Crippen molar-refractivity contribution in [1.29, 1.82) is 0 Å². The molecule has 0 aliphatic carbocycles. The lowest BCUT2D eigenvalue weighted by Gasteiger charge is -2.23. The fourth-order valence-corrected chi connectivity index (χ4v) is 4.75. The van der Waals surface area contributed by atoms with Crippen LogP contribution in [0.25, 0.3) is 11.2 Å². The second-order valence-electron chi connectivity index (χ2n) is 6.38. The molecular formula is C17H23N3OS. The summed E-state index contributed by atoms with van der Waals surface area (Å²) in [6, 6.07) is 4.06. The van der Waals surface area contributed by atoms with E-state index in [-0.39, 0.29) is 0 Å². The Hall–Kier alpha value is -1.07. The molecule has 2 aliphatic rings. The number of nitrogens with zero attached hydrogens (tertiary/aromatic N) is 3. The van der Waals surface area contributed by atoms with Gasteiger partial charge >= 0.3 is 0 Å². The van der Waals surface area contributed by atoms with Gasteiger partial charge in [-0.2, -0.15) is 11.8 Å². The van der Waals surface area contributed by atoms with E-state index in [1.807, 2.05) is 12.3 Å². The van der Waals surface area contributed by atoms with Crippen molar-refractivity contribution in [3.63, 3.8) is 0 Å². The first-order valence-electron chi connectivity index (χ1n) is 8.39. The van der Waals surface area contributed by atoms with Gasteiger partial charge < -0.3 is 9.30 Å². The number of aromatic nitrogens is 3. The summed E-state index contributed by atoms with van der Waals surface area (Å²) in [7, 11) is 0. The maximum atomic E-state index is 5.82. The van der Waals surface area contributed by atoms with E-state index in [0.717, 1.165) is 43.1 Å². The number of rotatable bonds is 4. The van der Waals surface area contributed by atoms with Crippen LogP contribution in [0.4, 0.5) is 0 Å². The summed E-state index contributed by atoms with van der Waals surface area (Å²) >= 11 is 2.08. The highest BCUT2D eigenvalue weighted by molar-refractivity contribution is 7.99. The second-order valence-corrected chi connectivity index (χ2v) is 7.60. The lowest BCUT2D eigenvalue weighted by molar-refractivity contribution is 0.109. The molecule has 2 fully saturated rings. The minimum absolute atomic E-state index is 0.345. The predicted molar refractivity (Wildman–Crippen MR) is 90.3 cm³/mol. The molecule has 22 heavy (non-hydrogen) atoms. The molecular weight excluding hydrogens is 294 g/mol. The van der Waals surface area contributed by atoms with Crippen LogP contribution in [0.1, 0.15) is 31.5 Å². The molecule has 2 aromatic rings. The molecule has 1 atom stereocenters. The zero-order valence-corrected chi connectivity index (χ0v) is 13.7. The van der Waals surface area contributed by atoms with Gasteiger partial charge in [-0.05, 0) is 55.2 Å². The van der Waals surface area contributed by atoms with Crippen LogP contribution in [0.15, 0.2) is 18.3 Å². The first kappa shape index (κ1) is 14.5. The highest BCUT2D eigenvalue weighted by atomic mass is 32.2. The zero-order chi connectivity index (χ0) is 14.8. The van der Waals surface area contributed by atoms with Gasteiger partial charge in [0.1, 0.15) is 11.3 Å². The Labute approximate surface area is 135 Å². The van der Waals surface area contributed by atoms with E-state index in [1.165, 1.54) is 36.6 Å². The van der Waals surface area contributed by atoms with Crippen molar-refractivity contribution in [2.24, 2.45) is 5.92 Å². The highest BCUT2D eigenvalue weighted by Gasteiger charge is 2.23. The zero-order valence-electron chi connectivity index (χ0n) is 12.9. The number of pyridine rings is 1. The van der Waals surface area contributed by atoms with Gasteiger partial charge in [0, 0.05) is 25.8 Å². The van der Waals surface area contributed by atoms with Crippen LogP contribution in [0.5, 0.6) is 0 Å². The van der Waals surface area contributed by atoms with E-state index in [9.17, 15) is 0 Å². The van der Waals surface area contributed by atoms with Crippen molar-refractivity contribution in [1.82, 2.24) is 14.5 Å². The minimum Gasteiger partial charge on any atom is -0.378 e. The molecule has 2 aromatic heterocycles. The molecule has 0 amide bonds. The standard InChI is InChI=1S/C17H23N3OS/c1-4-15-17(18-7-1)20(12-13-5-9-22-10-6-13)16(19-15)11-14-3-2-8-21-14/h1,4,7,13-14H,2-3,5-6,8-12H2. The molecule has 0 bridgehead atoms. The van der Waals surface area contributed by atoms with E-state index >= 15 is 0 Å². The third-order valence-corrected chi connectivity index (χ3v) is 5.85. The van der Waals surface area contributed by atoms with Crippen LogP contribution < -0.4 is 0 Å². The van der Waals surface area contributed by atoms with Gasteiger partial charge in [-0.3, -0.25) is 0 Å². The summed E-state index contributed by atoms with van der Waals surface area (Å²) in [6.45, 7) is 1.97. The van der Waals surface area contributed by atoms with Crippen molar-refractivity contribution < 1.29 is 4.74 Å². The van der Waals surface area contributed by atoms with Crippen molar-refractivity contribution in [3.8, 4) is 0 Å². The van der Waals surface area contributed by atoms with Crippen LogP contribution in [-0.4, -0.2) is 38.8 Å². The molecule has 4 nitrogen and oxygen atoms in total. The lowest BCUT2D eigenvalue weighted by atomic mass is 10.0. The quantitative estimate of drug-likeness (QED) is 0.867. The summed E-state index contributed by atoms with van der Waals surface area (Å²) < 4.78 is 8.19. The molecule has 0 radical (unpaired) electrons. The van der Waals surface area contributed by atoms with Gasteiger partial charge in [0.15, 0.2) is 5.65 Å².